The number of nitrogens with zero attached hydrogens (tertiary/aromatic N) is 2. The fourth-order valence-corrected chi connectivity index (χ4v) is 3.33. The molecule has 0 aromatic carbocycles. The van der Waals surface area contributed by atoms with Gasteiger partial charge in [-0.15, -0.1) is 11.6 Å². The standard InChI is InChI=1S/C14H23ClN2/c1-3-12-9-13(17(4-2)16-12)10-14(11-15)7-5-6-8-14/h9H,3-8,10-11H2,1-2H3. The van der Waals surface area contributed by atoms with Crippen molar-refractivity contribution in [3.05, 3.63) is 17.5 Å². The number of rotatable bonds is 5. The minimum Gasteiger partial charge on any atom is -0.270 e. The Morgan fingerprint density at radius 1 is 1.35 bits per heavy atom. The second kappa shape index (κ2) is 5.43. The molecule has 0 spiro atoms. The van der Waals surface area contributed by atoms with Gasteiger partial charge >= 0.3 is 0 Å². The van der Waals surface area contributed by atoms with Crippen LogP contribution in [0.1, 0.15) is 50.9 Å². The molecular formula is C14H23ClN2. The van der Waals surface area contributed by atoms with Crippen molar-refractivity contribution in [1.82, 2.24) is 9.78 Å². The summed E-state index contributed by atoms with van der Waals surface area (Å²) in [5, 5.41) is 4.63. The maximum absolute atomic E-state index is 6.22. The molecule has 2 rings (SSSR count). The highest BCUT2D eigenvalue weighted by molar-refractivity contribution is 6.18. The van der Waals surface area contributed by atoms with E-state index in [2.05, 4.69) is 29.7 Å². The van der Waals surface area contributed by atoms with Gasteiger partial charge < -0.3 is 0 Å². The van der Waals surface area contributed by atoms with E-state index in [4.69, 9.17) is 11.6 Å². The number of aromatic nitrogens is 2. The molecule has 1 aromatic heterocycles. The van der Waals surface area contributed by atoms with Crippen molar-refractivity contribution in [3.63, 3.8) is 0 Å². The monoisotopic (exact) mass is 254 g/mol. The zero-order valence-corrected chi connectivity index (χ0v) is 11.8. The van der Waals surface area contributed by atoms with Crippen molar-refractivity contribution in [1.29, 1.82) is 0 Å². The molecule has 0 bridgehead atoms. The summed E-state index contributed by atoms with van der Waals surface area (Å²) in [4.78, 5) is 0. The fourth-order valence-electron chi connectivity index (χ4n) is 2.97. The molecule has 1 fully saturated rings. The topological polar surface area (TPSA) is 17.8 Å². The van der Waals surface area contributed by atoms with Gasteiger partial charge in [0.2, 0.25) is 0 Å². The van der Waals surface area contributed by atoms with E-state index >= 15 is 0 Å². The van der Waals surface area contributed by atoms with Crippen LogP contribution < -0.4 is 0 Å². The van der Waals surface area contributed by atoms with Crippen molar-refractivity contribution >= 4 is 11.6 Å². The van der Waals surface area contributed by atoms with Crippen LogP contribution in [0.5, 0.6) is 0 Å². The first-order chi connectivity index (χ1) is 8.23. The zero-order valence-electron chi connectivity index (χ0n) is 11.0. The molecule has 17 heavy (non-hydrogen) atoms. The van der Waals surface area contributed by atoms with Crippen LogP contribution >= 0.6 is 11.6 Å². The summed E-state index contributed by atoms with van der Waals surface area (Å²) in [5.74, 6) is 0.795. The predicted molar refractivity (Wildman–Crippen MR) is 72.6 cm³/mol. The van der Waals surface area contributed by atoms with Crippen LogP contribution in [0.25, 0.3) is 0 Å². The van der Waals surface area contributed by atoms with Gasteiger partial charge in [-0.3, -0.25) is 4.68 Å². The Morgan fingerprint density at radius 3 is 2.59 bits per heavy atom. The van der Waals surface area contributed by atoms with Crippen LogP contribution in [0.15, 0.2) is 6.07 Å². The summed E-state index contributed by atoms with van der Waals surface area (Å²) in [5.41, 5.74) is 2.94. The third-order valence-electron chi connectivity index (χ3n) is 4.08. The molecule has 1 aliphatic rings. The lowest BCUT2D eigenvalue weighted by Gasteiger charge is -2.26. The molecule has 0 radical (unpaired) electrons. The van der Waals surface area contributed by atoms with Gasteiger partial charge in [0.1, 0.15) is 0 Å². The third-order valence-corrected chi connectivity index (χ3v) is 4.65. The first-order valence-corrected chi connectivity index (χ1v) is 7.38. The van der Waals surface area contributed by atoms with Gasteiger partial charge in [-0.2, -0.15) is 5.10 Å². The summed E-state index contributed by atoms with van der Waals surface area (Å²) in [6, 6.07) is 2.27. The summed E-state index contributed by atoms with van der Waals surface area (Å²) in [6.45, 7) is 5.30. The van der Waals surface area contributed by atoms with Crippen LogP contribution in [0.3, 0.4) is 0 Å². The van der Waals surface area contributed by atoms with E-state index in [9.17, 15) is 0 Å². The van der Waals surface area contributed by atoms with E-state index in [1.807, 2.05) is 0 Å². The number of hydrogen-bond donors (Lipinski definition) is 0. The third kappa shape index (κ3) is 2.67. The lowest BCUT2D eigenvalue weighted by molar-refractivity contribution is 0.330. The zero-order chi connectivity index (χ0) is 12.3. The van der Waals surface area contributed by atoms with E-state index in [0.29, 0.717) is 5.41 Å². The average molecular weight is 255 g/mol. The summed E-state index contributed by atoms with van der Waals surface area (Å²) in [6.07, 6.45) is 7.38. The molecular weight excluding hydrogens is 232 g/mol. The highest BCUT2D eigenvalue weighted by Gasteiger charge is 2.34. The molecule has 1 saturated carbocycles. The molecule has 0 aliphatic heterocycles. The van der Waals surface area contributed by atoms with Crippen LogP contribution in [0.2, 0.25) is 0 Å². The highest BCUT2D eigenvalue weighted by Crippen LogP contribution is 2.41. The number of aryl methyl sites for hydroxylation is 2. The van der Waals surface area contributed by atoms with Gasteiger partial charge in [0.05, 0.1) is 5.69 Å². The van der Waals surface area contributed by atoms with Crippen LogP contribution in [0, 0.1) is 5.41 Å². The number of halogens is 1. The lowest BCUT2D eigenvalue weighted by atomic mass is 9.83. The lowest BCUT2D eigenvalue weighted by Crippen LogP contribution is -2.23. The minimum atomic E-state index is 0.347. The van der Waals surface area contributed by atoms with E-state index in [1.165, 1.54) is 37.1 Å². The molecule has 2 nitrogen and oxygen atoms in total. The SMILES string of the molecule is CCc1cc(CC2(CCl)CCCC2)n(CC)n1. The van der Waals surface area contributed by atoms with Gasteiger partial charge in [0, 0.05) is 18.1 Å². The Bertz CT molecular complexity index is 364. The Labute approximate surface area is 109 Å². The molecule has 0 atom stereocenters. The van der Waals surface area contributed by atoms with Crippen molar-refractivity contribution in [2.75, 3.05) is 5.88 Å². The molecule has 0 saturated heterocycles. The number of alkyl halides is 1. The molecule has 96 valence electrons. The Hall–Kier alpha value is -0.500. The van der Waals surface area contributed by atoms with Crippen LogP contribution in [-0.4, -0.2) is 15.7 Å². The largest absolute Gasteiger partial charge is 0.270 e. The van der Waals surface area contributed by atoms with Gasteiger partial charge in [0.25, 0.3) is 0 Å². The first-order valence-electron chi connectivity index (χ1n) is 6.84. The Balaban J connectivity index is 2.18. The summed E-state index contributed by atoms with van der Waals surface area (Å²) in [7, 11) is 0. The van der Waals surface area contributed by atoms with E-state index in [0.717, 1.165) is 25.3 Å². The van der Waals surface area contributed by atoms with Gasteiger partial charge in [-0.05, 0) is 44.1 Å². The van der Waals surface area contributed by atoms with Gasteiger partial charge in [-0.25, -0.2) is 0 Å². The maximum Gasteiger partial charge on any atom is 0.0624 e. The Morgan fingerprint density at radius 2 is 2.06 bits per heavy atom. The molecule has 0 amide bonds. The molecule has 0 unspecified atom stereocenters. The second-order valence-electron chi connectivity index (χ2n) is 5.31. The van der Waals surface area contributed by atoms with Gasteiger partial charge in [-0.1, -0.05) is 19.8 Å². The van der Waals surface area contributed by atoms with Crippen LogP contribution in [0.4, 0.5) is 0 Å². The van der Waals surface area contributed by atoms with Crippen LogP contribution in [-0.2, 0) is 19.4 Å². The summed E-state index contributed by atoms with van der Waals surface area (Å²) < 4.78 is 2.16. The van der Waals surface area contributed by atoms with Crippen molar-refractivity contribution in [2.45, 2.75) is 58.9 Å². The molecule has 1 aliphatic carbocycles. The van der Waals surface area contributed by atoms with E-state index in [-0.39, 0.29) is 0 Å². The van der Waals surface area contributed by atoms with Gasteiger partial charge in [0.15, 0.2) is 0 Å². The minimum absolute atomic E-state index is 0.347. The number of hydrogen-bond acceptors (Lipinski definition) is 1. The molecule has 3 heteroatoms. The average Bonchev–Trinajstić information content (AvgIpc) is 2.97. The summed E-state index contributed by atoms with van der Waals surface area (Å²) >= 11 is 6.22. The maximum atomic E-state index is 6.22. The smallest absolute Gasteiger partial charge is 0.0624 e. The quantitative estimate of drug-likeness (QED) is 0.731. The molecule has 1 heterocycles. The normalized spacial score (nSPS) is 18.8. The van der Waals surface area contributed by atoms with E-state index in [1.54, 1.807) is 0 Å². The Kier molecular flexibility index (Phi) is 4.13. The highest BCUT2D eigenvalue weighted by atomic mass is 35.5. The molecule has 1 aromatic rings. The van der Waals surface area contributed by atoms with Crippen molar-refractivity contribution in [2.24, 2.45) is 5.41 Å². The fraction of sp³-hybridized carbons (Fsp3) is 0.786. The molecule has 0 N–H and O–H groups in total. The van der Waals surface area contributed by atoms with Crippen molar-refractivity contribution in [3.8, 4) is 0 Å². The van der Waals surface area contributed by atoms with Crippen molar-refractivity contribution < 1.29 is 0 Å². The predicted octanol–water partition coefficient (Wildman–Crippen LogP) is 3.81. The second-order valence-corrected chi connectivity index (χ2v) is 5.58. The first kappa shape index (κ1) is 12.9. The van der Waals surface area contributed by atoms with E-state index < -0.39 is 0 Å².